The molecule has 0 fully saturated rings. The maximum absolute atomic E-state index is 12.6. The van der Waals surface area contributed by atoms with E-state index in [1.165, 1.54) is 4.31 Å². The van der Waals surface area contributed by atoms with Crippen LogP contribution in [0.15, 0.2) is 60.7 Å². The molecule has 1 atom stereocenters. The van der Waals surface area contributed by atoms with Gasteiger partial charge in [-0.3, -0.25) is 9.10 Å². The van der Waals surface area contributed by atoms with Crippen LogP contribution in [0.2, 0.25) is 0 Å². The molecule has 0 heterocycles. The van der Waals surface area contributed by atoms with Crippen LogP contribution in [0.3, 0.4) is 0 Å². The number of carbonyl (C=O) groups is 1. The number of anilines is 1. The van der Waals surface area contributed by atoms with Gasteiger partial charge in [0.05, 0.1) is 25.2 Å². The predicted molar refractivity (Wildman–Crippen MR) is 107 cm³/mol. The Kier molecular flexibility index (Phi) is 7.82. The van der Waals surface area contributed by atoms with Crippen molar-refractivity contribution in [2.45, 2.75) is 26.0 Å². The third-order valence-electron chi connectivity index (χ3n) is 4.00. The summed E-state index contributed by atoms with van der Waals surface area (Å²) < 4.78 is 31.3. The van der Waals surface area contributed by atoms with Gasteiger partial charge in [0.25, 0.3) is 0 Å². The van der Waals surface area contributed by atoms with Gasteiger partial charge >= 0.3 is 0 Å². The van der Waals surface area contributed by atoms with Crippen molar-refractivity contribution in [3.63, 3.8) is 0 Å². The minimum Gasteiger partial charge on any atom is -0.375 e. The first-order valence-electron chi connectivity index (χ1n) is 8.87. The molecule has 0 aliphatic carbocycles. The summed E-state index contributed by atoms with van der Waals surface area (Å²) in [6, 6.07) is 17.6. The van der Waals surface area contributed by atoms with Crippen LogP contribution in [0, 0.1) is 0 Å². The molecule has 0 radical (unpaired) electrons. The number of hydrogen-bond donors (Lipinski definition) is 1. The van der Waals surface area contributed by atoms with Crippen LogP contribution in [-0.4, -0.2) is 39.8 Å². The zero-order chi connectivity index (χ0) is 19.7. The second-order valence-electron chi connectivity index (χ2n) is 6.15. The maximum atomic E-state index is 12.6. The second kappa shape index (κ2) is 10.1. The number of amides is 1. The fourth-order valence-corrected chi connectivity index (χ4v) is 3.98. The molecule has 0 bridgehead atoms. The van der Waals surface area contributed by atoms with E-state index < -0.39 is 16.1 Å². The highest BCUT2D eigenvalue weighted by Gasteiger charge is 2.31. The van der Waals surface area contributed by atoms with Gasteiger partial charge in [-0.15, -0.1) is 0 Å². The van der Waals surface area contributed by atoms with E-state index in [0.717, 1.165) is 11.8 Å². The highest BCUT2D eigenvalue weighted by atomic mass is 32.2. The molecular formula is C20H26N2O4S. The Morgan fingerprint density at radius 2 is 1.67 bits per heavy atom. The number of rotatable bonds is 10. The first-order chi connectivity index (χ1) is 12.9. The Morgan fingerprint density at radius 1 is 1.07 bits per heavy atom. The molecule has 1 N–H and O–H groups in total. The Labute approximate surface area is 161 Å². The number of hydrogen-bond acceptors (Lipinski definition) is 4. The summed E-state index contributed by atoms with van der Waals surface area (Å²) in [6.45, 7) is 2.92. The van der Waals surface area contributed by atoms with Gasteiger partial charge in [0.2, 0.25) is 15.9 Å². The largest absolute Gasteiger partial charge is 0.375 e. The van der Waals surface area contributed by atoms with Gasteiger partial charge in [-0.2, -0.15) is 0 Å². The van der Waals surface area contributed by atoms with E-state index in [1.54, 1.807) is 37.3 Å². The van der Waals surface area contributed by atoms with Crippen LogP contribution in [0.4, 0.5) is 5.69 Å². The van der Waals surface area contributed by atoms with Crippen LogP contribution in [0.25, 0.3) is 0 Å². The molecule has 2 aromatic carbocycles. The summed E-state index contributed by atoms with van der Waals surface area (Å²) in [7, 11) is -3.60. The fraction of sp³-hybridized carbons (Fsp3) is 0.350. The van der Waals surface area contributed by atoms with Gasteiger partial charge in [0.1, 0.15) is 6.04 Å². The van der Waals surface area contributed by atoms with Gasteiger partial charge in [0, 0.05) is 6.54 Å². The van der Waals surface area contributed by atoms with E-state index in [4.69, 9.17) is 4.74 Å². The van der Waals surface area contributed by atoms with Gasteiger partial charge < -0.3 is 10.1 Å². The topological polar surface area (TPSA) is 75.7 Å². The lowest BCUT2D eigenvalue weighted by atomic mass is 10.2. The molecule has 2 aromatic rings. The standard InChI is InChI=1S/C20H26N2O4S/c1-3-19(22(27(2,24)25)18-12-8-5-9-13-18)20(23)21-14-15-26-16-17-10-6-4-7-11-17/h4-13,19H,3,14-16H2,1-2H3,(H,21,23)/t19-/m1/s1. The van der Waals surface area contributed by atoms with Crippen molar-refractivity contribution in [3.05, 3.63) is 66.2 Å². The summed E-state index contributed by atoms with van der Waals surface area (Å²) >= 11 is 0. The molecule has 6 nitrogen and oxygen atoms in total. The lowest BCUT2D eigenvalue weighted by molar-refractivity contribution is -0.122. The molecule has 0 aliphatic rings. The van der Waals surface area contributed by atoms with Gasteiger partial charge in [-0.25, -0.2) is 8.42 Å². The van der Waals surface area contributed by atoms with Crippen molar-refractivity contribution in [2.24, 2.45) is 0 Å². The number of nitrogens with one attached hydrogen (secondary N) is 1. The third-order valence-corrected chi connectivity index (χ3v) is 5.18. The van der Waals surface area contributed by atoms with E-state index >= 15 is 0 Å². The van der Waals surface area contributed by atoms with Crippen molar-refractivity contribution < 1.29 is 17.9 Å². The average Bonchev–Trinajstić information content (AvgIpc) is 2.66. The van der Waals surface area contributed by atoms with E-state index in [2.05, 4.69) is 5.32 Å². The second-order valence-corrected chi connectivity index (χ2v) is 8.01. The first kappa shape index (κ1) is 20.9. The lowest BCUT2D eigenvalue weighted by Gasteiger charge is -2.30. The van der Waals surface area contributed by atoms with Crippen molar-refractivity contribution >= 4 is 21.6 Å². The maximum Gasteiger partial charge on any atom is 0.243 e. The number of para-hydroxylation sites is 1. The minimum atomic E-state index is -3.60. The number of sulfonamides is 1. The molecule has 1 amide bonds. The molecule has 0 saturated carbocycles. The van der Waals surface area contributed by atoms with Crippen LogP contribution >= 0.6 is 0 Å². The number of carbonyl (C=O) groups excluding carboxylic acids is 1. The summed E-state index contributed by atoms with van der Waals surface area (Å²) in [5.41, 5.74) is 1.53. The molecule has 0 saturated heterocycles. The van der Waals surface area contributed by atoms with Crippen LogP contribution in [-0.2, 0) is 26.2 Å². The number of nitrogens with zero attached hydrogens (tertiary/aromatic N) is 1. The highest BCUT2D eigenvalue weighted by molar-refractivity contribution is 7.92. The van der Waals surface area contributed by atoms with Crippen LogP contribution in [0.5, 0.6) is 0 Å². The summed E-state index contributed by atoms with van der Waals surface area (Å²) in [5, 5.41) is 2.77. The fourth-order valence-electron chi connectivity index (χ4n) is 2.76. The van der Waals surface area contributed by atoms with Crippen molar-refractivity contribution in [1.82, 2.24) is 5.32 Å². The Balaban J connectivity index is 1.93. The van der Waals surface area contributed by atoms with E-state index in [1.807, 2.05) is 30.3 Å². The summed E-state index contributed by atoms with van der Waals surface area (Å²) in [4.78, 5) is 12.6. The van der Waals surface area contributed by atoms with E-state index in [9.17, 15) is 13.2 Å². The smallest absolute Gasteiger partial charge is 0.243 e. The molecule has 2 rings (SSSR count). The van der Waals surface area contributed by atoms with E-state index in [0.29, 0.717) is 31.9 Å². The zero-order valence-corrected chi connectivity index (χ0v) is 16.5. The molecule has 7 heteroatoms. The monoisotopic (exact) mass is 390 g/mol. The zero-order valence-electron chi connectivity index (χ0n) is 15.7. The Hall–Kier alpha value is -2.38. The molecule has 0 aliphatic heterocycles. The average molecular weight is 391 g/mol. The predicted octanol–water partition coefficient (Wildman–Crippen LogP) is 2.56. The normalized spacial score (nSPS) is 12.4. The Bertz CT molecular complexity index is 810. The minimum absolute atomic E-state index is 0.314. The molecule has 146 valence electrons. The highest BCUT2D eigenvalue weighted by Crippen LogP contribution is 2.21. The van der Waals surface area contributed by atoms with Crippen molar-refractivity contribution in [3.8, 4) is 0 Å². The molecule has 0 unspecified atom stereocenters. The quantitative estimate of drug-likeness (QED) is 0.633. The first-order valence-corrected chi connectivity index (χ1v) is 10.7. The molecule has 0 aromatic heterocycles. The van der Waals surface area contributed by atoms with Crippen LogP contribution in [0.1, 0.15) is 18.9 Å². The van der Waals surface area contributed by atoms with Gasteiger partial charge in [0.15, 0.2) is 0 Å². The third kappa shape index (κ3) is 6.37. The number of ether oxygens (including phenoxy) is 1. The SMILES string of the molecule is CC[C@H](C(=O)NCCOCc1ccccc1)N(c1ccccc1)S(C)(=O)=O. The van der Waals surface area contributed by atoms with Gasteiger partial charge in [-0.1, -0.05) is 55.5 Å². The Morgan fingerprint density at radius 3 is 2.22 bits per heavy atom. The van der Waals surface area contributed by atoms with Crippen molar-refractivity contribution in [2.75, 3.05) is 23.7 Å². The molecule has 27 heavy (non-hydrogen) atoms. The summed E-state index contributed by atoms with van der Waals surface area (Å²) in [5.74, 6) is -0.338. The van der Waals surface area contributed by atoms with Crippen molar-refractivity contribution in [1.29, 1.82) is 0 Å². The molecular weight excluding hydrogens is 364 g/mol. The van der Waals surface area contributed by atoms with E-state index in [-0.39, 0.29) is 5.91 Å². The summed E-state index contributed by atoms with van der Waals surface area (Å²) in [6.07, 6.45) is 1.47. The lowest BCUT2D eigenvalue weighted by Crippen LogP contribution is -2.49. The number of benzene rings is 2. The molecule has 0 spiro atoms. The van der Waals surface area contributed by atoms with Crippen LogP contribution < -0.4 is 9.62 Å². The van der Waals surface area contributed by atoms with Gasteiger partial charge in [-0.05, 0) is 24.1 Å².